The number of fused-ring (bicyclic) bond motifs is 1. The number of alkyl halides is 3. The normalized spacial score (nSPS) is 14.2. The van der Waals surface area contributed by atoms with Crippen LogP contribution in [0.2, 0.25) is 0 Å². The number of imidazole rings is 1. The highest BCUT2D eigenvalue weighted by atomic mass is 19.4. The molecular weight excluding hydrogens is 367 g/mol. The monoisotopic (exact) mass is 385 g/mol. The molecule has 0 saturated carbocycles. The van der Waals surface area contributed by atoms with Gasteiger partial charge in [0.15, 0.2) is 11.4 Å². The van der Waals surface area contributed by atoms with Gasteiger partial charge < -0.3 is 14.2 Å². The van der Waals surface area contributed by atoms with E-state index < -0.39 is 23.5 Å². The van der Waals surface area contributed by atoms with Crippen molar-refractivity contribution in [3.63, 3.8) is 0 Å². The molecule has 2 aromatic rings. The third kappa shape index (κ3) is 3.53. The highest BCUT2D eigenvalue weighted by molar-refractivity contribution is 5.94. The van der Waals surface area contributed by atoms with E-state index in [2.05, 4.69) is 10.1 Å². The molecule has 8 nitrogen and oxygen atoms in total. The molecule has 146 valence electrons. The predicted octanol–water partition coefficient (Wildman–Crippen LogP) is 1.95. The molecule has 3 heterocycles. The SMILES string of the molecule is CCOC(=O)c1c(C(F)(F)F)nc2n1CCN(C(=O)c1cnn(CC)c1)C2. The molecule has 0 spiro atoms. The minimum atomic E-state index is -4.80. The summed E-state index contributed by atoms with van der Waals surface area (Å²) in [5, 5.41) is 4.03. The summed E-state index contributed by atoms with van der Waals surface area (Å²) >= 11 is 0. The van der Waals surface area contributed by atoms with E-state index in [9.17, 15) is 22.8 Å². The van der Waals surface area contributed by atoms with Crippen LogP contribution < -0.4 is 0 Å². The zero-order valence-electron chi connectivity index (χ0n) is 14.8. The van der Waals surface area contributed by atoms with E-state index in [0.29, 0.717) is 12.1 Å². The Hall–Kier alpha value is -2.85. The zero-order chi connectivity index (χ0) is 19.8. The van der Waals surface area contributed by atoms with Crippen LogP contribution in [0.1, 0.15) is 46.2 Å². The third-order valence-electron chi connectivity index (χ3n) is 4.20. The maximum Gasteiger partial charge on any atom is 0.435 e. The fourth-order valence-electron chi connectivity index (χ4n) is 2.94. The standard InChI is InChI=1S/C16H18F3N5O3/c1-3-23-8-10(7-20-23)14(25)22-5-6-24-11(9-22)21-13(16(17,18)19)12(24)15(26)27-4-2/h7-8H,3-6,9H2,1-2H3. The fraction of sp³-hybridized carbons (Fsp3) is 0.500. The number of carbonyl (C=O) groups is 2. The Morgan fingerprint density at radius 1 is 1.26 bits per heavy atom. The lowest BCUT2D eigenvalue weighted by atomic mass is 10.2. The quantitative estimate of drug-likeness (QED) is 0.752. The lowest BCUT2D eigenvalue weighted by molar-refractivity contribution is -0.141. The molecular formula is C16H18F3N5O3. The second-order valence-electron chi connectivity index (χ2n) is 5.91. The Morgan fingerprint density at radius 2 is 2.00 bits per heavy atom. The number of carbonyl (C=O) groups excluding carboxylic acids is 2. The van der Waals surface area contributed by atoms with Crippen LogP contribution in [0.25, 0.3) is 0 Å². The van der Waals surface area contributed by atoms with Gasteiger partial charge in [0.05, 0.1) is 24.9 Å². The van der Waals surface area contributed by atoms with Crippen LogP contribution in [0.5, 0.6) is 0 Å². The summed E-state index contributed by atoms with van der Waals surface area (Å²) in [6, 6.07) is 0. The number of hydrogen-bond donors (Lipinski definition) is 0. The van der Waals surface area contributed by atoms with E-state index >= 15 is 0 Å². The molecule has 0 unspecified atom stereocenters. The van der Waals surface area contributed by atoms with Crippen LogP contribution in [-0.4, -0.2) is 49.3 Å². The van der Waals surface area contributed by atoms with Crippen molar-refractivity contribution < 1.29 is 27.5 Å². The molecule has 1 aliphatic heterocycles. The van der Waals surface area contributed by atoms with Gasteiger partial charge in [0.1, 0.15) is 5.82 Å². The molecule has 0 saturated heterocycles. The summed E-state index contributed by atoms with van der Waals surface area (Å²) in [7, 11) is 0. The maximum atomic E-state index is 13.3. The lowest BCUT2D eigenvalue weighted by Gasteiger charge is -2.28. The number of esters is 1. The number of nitrogens with zero attached hydrogens (tertiary/aromatic N) is 5. The fourth-order valence-corrected chi connectivity index (χ4v) is 2.94. The number of halogens is 3. The molecule has 0 radical (unpaired) electrons. The lowest BCUT2D eigenvalue weighted by Crippen LogP contribution is -2.39. The average Bonchev–Trinajstić information content (AvgIpc) is 3.24. The molecule has 0 bridgehead atoms. The molecule has 2 aromatic heterocycles. The van der Waals surface area contributed by atoms with Crippen molar-refractivity contribution in [2.75, 3.05) is 13.2 Å². The summed E-state index contributed by atoms with van der Waals surface area (Å²) in [5.41, 5.74) is -1.56. The highest BCUT2D eigenvalue weighted by Crippen LogP contribution is 2.33. The van der Waals surface area contributed by atoms with Crippen molar-refractivity contribution in [3.05, 3.63) is 35.2 Å². The molecule has 11 heteroatoms. The van der Waals surface area contributed by atoms with Gasteiger partial charge in [0, 0.05) is 25.8 Å². The Labute approximate surface area is 152 Å². The van der Waals surface area contributed by atoms with Gasteiger partial charge in [-0.3, -0.25) is 9.48 Å². The zero-order valence-corrected chi connectivity index (χ0v) is 14.8. The van der Waals surface area contributed by atoms with Gasteiger partial charge in [0.25, 0.3) is 5.91 Å². The van der Waals surface area contributed by atoms with E-state index in [1.807, 2.05) is 6.92 Å². The molecule has 27 heavy (non-hydrogen) atoms. The van der Waals surface area contributed by atoms with Crippen LogP contribution in [0.3, 0.4) is 0 Å². The van der Waals surface area contributed by atoms with Crippen LogP contribution in [-0.2, 0) is 30.5 Å². The van der Waals surface area contributed by atoms with E-state index in [1.54, 1.807) is 10.9 Å². The highest BCUT2D eigenvalue weighted by Gasteiger charge is 2.43. The van der Waals surface area contributed by atoms with Crippen LogP contribution in [0.4, 0.5) is 13.2 Å². The average molecular weight is 385 g/mol. The minimum absolute atomic E-state index is 0.00661. The van der Waals surface area contributed by atoms with Gasteiger partial charge in [-0.1, -0.05) is 0 Å². The Bertz CT molecular complexity index is 871. The molecule has 3 rings (SSSR count). The van der Waals surface area contributed by atoms with E-state index in [1.165, 1.54) is 22.6 Å². The van der Waals surface area contributed by atoms with Crippen molar-refractivity contribution in [1.29, 1.82) is 0 Å². The molecule has 1 aliphatic rings. The molecule has 0 fully saturated rings. The molecule has 0 N–H and O–H groups in total. The van der Waals surface area contributed by atoms with Crippen molar-refractivity contribution in [1.82, 2.24) is 24.2 Å². The van der Waals surface area contributed by atoms with E-state index in [4.69, 9.17) is 4.74 Å². The number of amides is 1. The summed E-state index contributed by atoms with van der Waals surface area (Å²) in [5.74, 6) is -1.43. The van der Waals surface area contributed by atoms with Crippen LogP contribution in [0, 0.1) is 0 Å². The minimum Gasteiger partial charge on any atom is -0.461 e. The summed E-state index contributed by atoms with van der Waals surface area (Å²) < 4.78 is 47.5. The first kappa shape index (κ1) is 18.9. The smallest absolute Gasteiger partial charge is 0.435 e. The summed E-state index contributed by atoms with van der Waals surface area (Å²) in [6.45, 7) is 3.93. The van der Waals surface area contributed by atoms with Crippen molar-refractivity contribution in [2.24, 2.45) is 0 Å². The first-order valence-corrected chi connectivity index (χ1v) is 8.41. The molecule has 0 aliphatic carbocycles. The maximum absolute atomic E-state index is 13.3. The van der Waals surface area contributed by atoms with E-state index in [-0.39, 0.29) is 38.0 Å². The Kier molecular flexibility index (Phi) is 4.94. The van der Waals surface area contributed by atoms with Crippen LogP contribution >= 0.6 is 0 Å². The first-order valence-electron chi connectivity index (χ1n) is 8.41. The summed E-state index contributed by atoms with van der Waals surface area (Å²) in [4.78, 5) is 29.6. The van der Waals surface area contributed by atoms with Crippen molar-refractivity contribution in [3.8, 4) is 0 Å². The van der Waals surface area contributed by atoms with Gasteiger partial charge in [-0.05, 0) is 13.8 Å². The number of hydrogen-bond acceptors (Lipinski definition) is 5. The van der Waals surface area contributed by atoms with Gasteiger partial charge in [-0.2, -0.15) is 18.3 Å². The van der Waals surface area contributed by atoms with E-state index in [0.717, 1.165) is 0 Å². The Balaban J connectivity index is 1.91. The van der Waals surface area contributed by atoms with Crippen molar-refractivity contribution >= 4 is 11.9 Å². The second kappa shape index (κ2) is 7.05. The number of aryl methyl sites for hydroxylation is 1. The largest absolute Gasteiger partial charge is 0.461 e. The number of aromatic nitrogens is 4. The number of ether oxygens (including phenoxy) is 1. The third-order valence-corrected chi connectivity index (χ3v) is 4.20. The van der Waals surface area contributed by atoms with Gasteiger partial charge in [-0.15, -0.1) is 0 Å². The van der Waals surface area contributed by atoms with Crippen LogP contribution in [0.15, 0.2) is 12.4 Å². The molecule has 1 amide bonds. The Morgan fingerprint density at radius 3 is 2.59 bits per heavy atom. The predicted molar refractivity (Wildman–Crippen MR) is 85.8 cm³/mol. The molecule has 0 aromatic carbocycles. The second-order valence-corrected chi connectivity index (χ2v) is 5.91. The summed E-state index contributed by atoms with van der Waals surface area (Å²) in [6.07, 6.45) is -1.81. The van der Waals surface area contributed by atoms with Gasteiger partial charge in [0.2, 0.25) is 0 Å². The first-order chi connectivity index (χ1) is 12.8. The number of rotatable bonds is 4. The van der Waals surface area contributed by atoms with Crippen molar-refractivity contribution in [2.45, 2.75) is 39.7 Å². The van der Waals surface area contributed by atoms with Gasteiger partial charge in [-0.25, -0.2) is 9.78 Å². The molecule has 0 atom stereocenters. The topological polar surface area (TPSA) is 82.2 Å². The van der Waals surface area contributed by atoms with Gasteiger partial charge >= 0.3 is 12.1 Å².